The van der Waals surface area contributed by atoms with E-state index in [4.69, 9.17) is 0 Å². The molecule has 154 valence electrons. The fourth-order valence-electron chi connectivity index (χ4n) is 2.73. The molecule has 10 nitrogen and oxygen atoms in total. The molecule has 2 N–H and O–H groups in total. The molecule has 0 fully saturated rings. The van der Waals surface area contributed by atoms with Gasteiger partial charge in [-0.1, -0.05) is 27.2 Å². The van der Waals surface area contributed by atoms with Gasteiger partial charge in [-0.05, 0) is 43.7 Å². The Bertz CT molecular complexity index is 1140. The number of rotatable bonds is 6. The number of benzene rings is 2. The van der Waals surface area contributed by atoms with E-state index in [1.54, 1.807) is 25.1 Å². The molecule has 2 amide bonds. The predicted octanol–water partition coefficient (Wildman–Crippen LogP) is 2.92. The first-order chi connectivity index (χ1) is 14.3. The highest BCUT2D eigenvalue weighted by atomic mass is 79.9. The molecule has 1 heterocycles. The van der Waals surface area contributed by atoms with Crippen molar-refractivity contribution in [1.29, 1.82) is 0 Å². The van der Waals surface area contributed by atoms with Crippen molar-refractivity contribution in [2.45, 2.75) is 13.8 Å². The fraction of sp³-hybridized carbons (Fsp3) is 0.158. The first-order valence-corrected chi connectivity index (χ1v) is 9.57. The summed E-state index contributed by atoms with van der Waals surface area (Å²) in [5.74, 6) is -0.968. The number of aryl methyl sites for hydroxylation is 1. The maximum absolute atomic E-state index is 12.4. The van der Waals surface area contributed by atoms with Crippen LogP contribution in [0.3, 0.4) is 0 Å². The minimum absolute atomic E-state index is 0.0223. The molecule has 3 rings (SSSR count). The molecule has 1 aromatic heterocycles. The maximum atomic E-state index is 12.4. The summed E-state index contributed by atoms with van der Waals surface area (Å²) >= 11 is 3.36. The van der Waals surface area contributed by atoms with Gasteiger partial charge in [0.1, 0.15) is 0 Å². The highest BCUT2D eigenvalue weighted by Gasteiger charge is 2.19. The van der Waals surface area contributed by atoms with Crippen LogP contribution in [0.1, 0.15) is 21.7 Å². The number of nitrogens with zero attached hydrogens (tertiary/aromatic N) is 4. The molecule has 0 atom stereocenters. The first-order valence-electron chi connectivity index (χ1n) is 8.77. The average molecular weight is 473 g/mol. The van der Waals surface area contributed by atoms with Crippen molar-refractivity contribution >= 4 is 39.1 Å². The lowest BCUT2D eigenvalue weighted by molar-refractivity contribution is -0.384. The summed E-state index contributed by atoms with van der Waals surface area (Å²) < 4.78 is 2.22. The number of amides is 2. The number of carbonyl (C=O) groups excluding carboxylic acids is 2. The van der Waals surface area contributed by atoms with Crippen LogP contribution in [0.5, 0.6) is 0 Å². The van der Waals surface area contributed by atoms with E-state index in [-0.39, 0.29) is 17.9 Å². The smallest absolute Gasteiger partial charge is 0.274 e. The average Bonchev–Trinajstić information content (AvgIpc) is 3.10. The molecule has 2 aromatic carbocycles. The summed E-state index contributed by atoms with van der Waals surface area (Å²) in [7, 11) is 0. The lowest BCUT2D eigenvalue weighted by Gasteiger charge is -2.09. The van der Waals surface area contributed by atoms with Crippen LogP contribution < -0.4 is 10.6 Å². The van der Waals surface area contributed by atoms with Crippen LogP contribution in [0.2, 0.25) is 0 Å². The molecule has 11 heteroatoms. The molecule has 0 aliphatic heterocycles. The zero-order valence-corrected chi connectivity index (χ0v) is 17.6. The van der Waals surface area contributed by atoms with E-state index in [0.717, 1.165) is 10.0 Å². The number of hydrogen-bond acceptors (Lipinski definition) is 6. The van der Waals surface area contributed by atoms with Gasteiger partial charge in [-0.3, -0.25) is 19.7 Å². The van der Waals surface area contributed by atoms with Crippen molar-refractivity contribution in [1.82, 2.24) is 20.3 Å². The zero-order chi connectivity index (χ0) is 21.8. The number of nitrogens with one attached hydrogen (secondary N) is 2. The molecular formula is C19H17BrN6O4. The molecule has 0 radical (unpaired) electrons. The highest BCUT2D eigenvalue weighted by molar-refractivity contribution is 9.10. The lowest BCUT2D eigenvalue weighted by Crippen LogP contribution is -2.33. The van der Waals surface area contributed by atoms with Crippen LogP contribution in [0, 0.1) is 24.0 Å². The van der Waals surface area contributed by atoms with E-state index in [0.29, 0.717) is 17.1 Å². The summed E-state index contributed by atoms with van der Waals surface area (Å²) in [4.78, 5) is 35.0. The van der Waals surface area contributed by atoms with Crippen molar-refractivity contribution in [3.63, 3.8) is 0 Å². The van der Waals surface area contributed by atoms with Gasteiger partial charge >= 0.3 is 0 Å². The molecule has 0 bridgehead atoms. The fourth-order valence-corrected chi connectivity index (χ4v) is 3.20. The number of hydrogen-bond donors (Lipinski definition) is 2. The minimum Gasteiger partial charge on any atom is -0.342 e. The van der Waals surface area contributed by atoms with Gasteiger partial charge in [0.15, 0.2) is 5.69 Å². The second kappa shape index (κ2) is 8.82. The second-order valence-electron chi connectivity index (χ2n) is 6.40. The molecular weight excluding hydrogens is 456 g/mol. The molecule has 3 aromatic rings. The van der Waals surface area contributed by atoms with Crippen LogP contribution in [0.25, 0.3) is 5.69 Å². The molecule has 0 saturated heterocycles. The lowest BCUT2D eigenvalue weighted by atomic mass is 10.2. The van der Waals surface area contributed by atoms with Gasteiger partial charge in [0.2, 0.25) is 5.91 Å². The van der Waals surface area contributed by atoms with Crippen LogP contribution in [0.4, 0.5) is 11.4 Å². The second-order valence-corrected chi connectivity index (χ2v) is 7.32. The summed E-state index contributed by atoms with van der Waals surface area (Å²) in [6.45, 7) is 3.21. The number of carbonyl (C=O) groups is 2. The van der Waals surface area contributed by atoms with Gasteiger partial charge in [-0.2, -0.15) is 0 Å². The van der Waals surface area contributed by atoms with E-state index < -0.39 is 16.7 Å². The summed E-state index contributed by atoms with van der Waals surface area (Å²) in [5.41, 5.74) is 2.22. The largest absolute Gasteiger partial charge is 0.342 e. The number of non-ortho nitro benzene ring substituents is 1. The molecule has 0 unspecified atom stereocenters. The van der Waals surface area contributed by atoms with Crippen molar-refractivity contribution < 1.29 is 14.5 Å². The van der Waals surface area contributed by atoms with E-state index in [1.807, 2.05) is 13.0 Å². The van der Waals surface area contributed by atoms with Crippen molar-refractivity contribution in [3.05, 3.63) is 74.0 Å². The maximum Gasteiger partial charge on any atom is 0.274 e. The number of anilines is 1. The summed E-state index contributed by atoms with van der Waals surface area (Å²) in [5, 5.41) is 23.9. The third kappa shape index (κ3) is 4.69. The van der Waals surface area contributed by atoms with Gasteiger partial charge in [-0.15, -0.1) is 5.10 Å². The number of nitro benzene ring substituents is 1. The van der Waals surface area contributed by atoms with E-state index in [2.05, 4.69) is 36.9 Å². The highest BCUT2D eigenvalue weighted by Crippen LogP contribution is 2.20. The number of aromatic nitrogens is 3. The topological polar surface area (TPSA) is 132 Å². The Balaban J connectivity index is 1.67. The molecule has 0 aliphatic carbocycles. The van der Waals surface area contributed by atoms with Gasteiger partial charge in [0, 0.05) is 22.3 Å². The third-order valence-electron chi connectivity index (χ3n) is 4.27. The number of halogens is 1. The van der Waals surface area contributed by atoms with Crippen LogP contribution >= 0.6 is 15.9 Å². The third-order valence-corrected chi connectivity index (χ3v) is 4.76. The SMILES string of the molecule is Cc1cc(Br)ccc1NC(=O)CNC(=O)c1nnn(-c2cccc([N+](=O)[O-])c2)c1C. The Labute approximate surface area is 179 Å². The van der Waals surface area contributed by atoms with Gasteiger partial charge in [0.25, 0.3) is 11.6 Å². The van der Waals surface area contributed by atoms with Gasteiger partial charge in [-0.25, -0.2) is 4.68 Å². The van der Waals surface area contributed by atoms with Crippen molar-refractivity contribution in [2.24, 2.45) is 0 Å². The Morgan fingerprint density at radius 3 is 2.67 bits per heavy atom. The summed E-state index contributed by atoms with van der Waals surface area (Å²) in [6.07, 6.45) is 0. The first kappa shape index (κ1) is 21.1. The standard InChI is InChI=1S/C19H17BrN6O4/c1-11-8-13(20)6-7-16(11)22-17(27)10-21-19(28)18-12(2)25(24-23-18)14-4-3-5-15(9-14)26(29)30/h3-9H,10H2,1-2H3,(H,21,28)(H,22,27). The van der Waals surface area contributed by atoms with Crippen LogP contribution in [0.15, 0.2) is 46.9 Å². The Kier molecular flexibility index (Phi) is 6.21. The quantitative estimate of drug-likeness (QED) is 0.418. The Morgan fingerprint density at radius 1 is 1.20 bits per heavy atom. The number of nitro groups is 1. The normalized spacial score (nSPS) is 10.5. The van der Waals surface area contributed by atoms with E-state index >= 15 is 0 Å². The molecule has 30 heavy (non-hydrogen) atoms. The van der Waals surface area contributed by atoms with Crippen LogP contribution in [-0.2, 0) is 4.79 Å². The van der Waals surface area contributed by atoms with Crippen LogP contribution in [-0.4, -0.2) is 38.3 Å². The zero-order valence-electron chi connectivity index (χ0n) is 16.0. The monoisotopic (exact) mass is 472 g/mol. The van der Waals surface area contributed by atoms with E-state index in [9.17, 15) is 19.7 Å². The Morgan fingerprint density at radius 2 is 1.97 bits per heavy atom. The van der Waals surface area contributed by atoms with E-state index in [1.165, 1.54) is 22.9 Å². The molecule has 0 saturated carbocycles. The van der Waals surface area contributed by atoms with Crippen molar-refractivity contribution in [2.75, 3.05) is 11.9 Å². The Hall–Kier alpha value is -3.60. The van der Waals surface area contributed by atoms with Gasteiger partial charge < -0.3 is 10.6 Å². The minimum atomic E-state index is -0.577. The molecule has 0 spiro atoms. The molecule has 0 aliphatic rings. The van der Waals surface area contributed by atoms with Gasteiger partial charge in [0.05, 0.1) is 22.8 Å². The van der Waals surface area contributed by atoms with Crippen molar-refractivity contribution in [3.8, 4) is 5.69 Å². The summed E-state index contributed by atoms with van der Waals surface area (Å²) in [6, 6.07) is 11.2. The predicted molar refractivity (Wildman–Crippen MR) is 113 cm³/mol.